The van der Waals surface area contributed by atoms with Gasteiger partial charge in [-0.25, -0.2) is 9.97 Å². The average molecular weight is 207 g/mol. The number of anilines is 2. The molecule has 5 nitrogen and oxygen atoms in total. The van der Waals surface area contributed by atoms with Gasteiger partial charge in [-0.2, -0.15) is 0 Å². The molecule has 0 radical (unpaired) electrons. The van der Waals surface area contributed by atoms with Gasteiger partial charge in [0.1, 0.15) is 0 Å². The molecule has 2 heterocycles. The molecule has 0 aliphatic rings. The molecule has 0 saturated carbocycles. The fourth-order valence-electron chi connectivity index (χ4n) is 0.985. The standard InChI is InChI=1S/C8H9N5S/c9-7-8(12-2-1-11-7)13-4-6-3-10-5-14-6/h1-3,5H,4H2,(H2,9,11)(H,12,13). The number of rotatable bonds is 3. The Morgan fingerprint density at radius 1 is 1.36 bits per heavy atom. The van der Waals surface area contributed by atoms with Gasteiger partial charge in [-0.3, -0.25) is 4.98 Å². The number of nitrogen functional groups attached to an aromatic ring is 1. The fourth-order valence-corrected chi connectivity index (χ4v) is 1.52. The maximum Gasteiger partial charge on any atom is 0.169 e. The largest absolute Gasteiger partial charge is 0.381 e. The van der Waals surface area contributed by atoms with Crippen molar-refractivity contribution in [3.63, 3.8) is 0 Å². The quantitative estimate of drug-likeness (QED) is 0.788. The number of thiazole rings is 1. The summed E-state index contributed by atoms with van der Waals surface area (Å²) in [6, 6.07) is 0. The molecule has 14 heavy (non-hydrogen) atoms. The zero-order valence-corrected chi connectivity index (χ0v) is 8.16. The lowest BCUT2D eigenvalue weighted by Crippen LogP contribution is -2.04. The van der Waals surface area contributed by atoms with Crippen molar-refractivity contribution in [1.29, 1.82) is 0 Å². The van der Waals surface area contributed by atoms with Crippen LogP contribution in [-0.2, 0) is 6.54 Å². The Hall–Kier alpha value is -1.69. The van der Waals surface area contributed by atoms with Crippen molar-refractivity contribution in [2.45, 2.75) is 6.54 Å². The van der Waals surface area contributed by atoms with Crippen molar-refractivity contribution in [2.24, 2.45) is 0 Å². The van der Waals surface area contributed by atoms with Crippen LogP contribution in [0.15, 0.2) is 24.1 Å². The van der Waals surface area contributed by atoms with Gasteiger partial charge >= 0.3 is 0 Å². The first kappa shape index (κ1) is 8.89. The van der Waals surface area contributed by atoms with E-state index in [0.29, 0.717) is 18.2 Å². The van der Waals surface area contributed by atoms with E-state index in [9.17, 15) is 0 Å². The van der Waals surface area contributed by atoms with Gasteiger partial charge in [-0.05, 0) is 0 Å². The third-order valence-corrected chi connectivity index (χ3v) is 2.42. The maximum atomic E-state index is 5.61. The van der Waals surface area contributed by atoms with Crippen LogP contribution in [0, 0.1) is 0 Å². The van der Waals surface area contributed by atoms with Crippen LogP contribution in [0.5, 0.6) is 0 Å². The summed E-state index contributed by atoms with van der Waals surface area (Å²) in [5, 5.41) is 3.09. The smallest absolute Gasteiger partial charge is 0.169 e. The highest BCUT2D eigenvalue weighted by Crippen LogP contribution is 2.12. The molecular weight excluding hydrogens is 198 g/mol. The molecule has 0 spiro atoms. The SMILES string of the molecule is Nc1nccnc1NCc1cncs1. The number of nitrogens with one attached hydrogen (secondary N) is 1. The molecule has 0 bridgehead atoms. The van der Waals surface area contributed by atoms with Crippen molar-refractivity contribution < 1.29 is 0 Å². The van der Waals surface area contributed by atoms with Crippen LogP contribution in [0.2, 0.25) is 0 Å². The van der Waals surface area contributed by atoms with Crippen molar-refractivity contribution in [1.82, 2.24) is 15.0 Å². The minimum absolute atomic E-state index is 0.414. The molecule has 2 aromatic heterocycles. The van der Waals surface area contributed by atoms with Crippen LogP contribution in [-0.4, -0.2) is 15.0 Å². The number of nitrogens with two attached hydrogens (primary N) is 1. The maximum absolute atomic E-state index is 5.61. The first-order valence-electron chi connectivity index (χ1n) is 4.04. The van der Waals surface area contributed by atoms with Crippen LogP contribution in [0.3, 0.4) is 0 Å². The predicted molar refractivity (Wildman–Crippen MR) is 55.9 cm³/mol. The molecule has 0 unspecified atom stereocenters. The Morgan fingerprint density at radius 3 is 2.93 bits per heavy atom. The van der Waals surface area contributed by atoms with Crippen LogP contribution >= 0.6 is 11.3 Å². The summed E-state index contributed by atoms with van der Waals surface area (Å²) < 4.78 is 0. The van der Waals surface area contributed by atoms with Crippen molar-refractivity contribution in [3.05, 3.63) is 29.0 Å². The van der Waals surface area contributed by atoms with E-state index in [-0.39, 0.29) is 0 Å². The van der Waals surface area contributed by atoms with Gasteiger partial charge in [-0.15, -0.1) is 11.3 Å². The van der Waals surface area contributed by atoms with E-state index in [1.54, 1.807) is 29.2 Å². The molecule has 0 atom stereocenters. The molecule has 0 saturated heterocycles. The zero-order chi connectivity index (χ0) is 9.80. The summed E-state index contributed by atoms with van der Waals surface area (Å²) in [5.41, 5.74) is 7.40. The molecule has 0 aliphatic heterocycles. The highest BCUT2D eigenvalue weighted by atomic mass is 32.1. The molecule has 0 aliphatic carbocycles. The van der Waals surface area contributed by atoms with Gasteiger partial charge in [0, 0.05) is 23.5 Å². The van der Waals surface area contributed by atoms with Crippen molar-refractivity contribution >= 4 is 23.0 Å². The van der Waals surface area contributed by atoms with Crippen molar-refractivity contribution in [3.8, 4) is 0 Å². The van der Waals surface area contributed by atoms with E-state index in [1.807, 2.05) is 6.20 Å². The number of nitrogens with zero attached hydrogens (tertiary/aromatic N) is 3. The van der Waals surface area contributed by atoms with Gasteiger partial charge in [0.25, 0.3) is 0 Å². The number of hydrogen-bond donors (Lipinski definition) is 2. The average Bonchev–Trinajstić information content (AvgIpc) is 2.69. The van der Waals surface area contributed by atoms with Gasteiger partial charge in [0.05, 0.1) is 12.1 Å². The lowest BCUT2D eigenvalue weighted by Gasteiger charge is -2.04. The van der Waals surface area contributed by atoms with Gasteiger partial charge in [0.15, 0.2) is 11.6 Å². The zero-order valence-electron chi connectivity index (χ0n) is 7.34. The second-order valence-corrected chi connectivity index (χ2v) is 3.58. The van der Waals surface area contributed by atoms with E-state index in [0.717, 1.165) is 4.88 Å². The molecule has 6 heteroatoms. The minimum Gasteiger partial charge on any atom is -0.381 e. The molecule has 72 valence electrons. The highest BCUT2D eigenvalue weighted by molar-refractivity contribution is 7.09. The molecule has 2 aromatic rings. The van der Waals surface area contributed by atoms with E-state index in [4.69, 9.17) is 5.73 Å². The highest BCUT2D eigenvalue weighted by Gasteiger charge is 2.00. The Bertz CT molecular complexity index is 400. The Kier molecular flexibility index (Phi) is 2.55. The summed E-state index contributed by atoms with van der Waals surface area (Å²) in [6.45, 7) is 0.674. The van der Waals surface area contributed by atoms with Crippen LogP contribution in [0.4, 0.5) is 11.6 Å². The van der Waals surface area contributed by atoms with Crippen LogP contribution in [0.1, 0.15) is 4.88 Å². The summed E-state index contributed by atoms with van der Waals surface area (Å²) in [6.07, 6.45) is 4.98. The molecule has 0 fully saturated rings. The second-order valence-electron chi connectivity index (χ2n) is 2.61. The summed E-state index contributed by atoms with van der Waals surface area (Å²) in [7, 11) is 0. The molecule has 3 N–H and O–H groups in total. The fraction of sp³-hybridized carbons (Fsp3) is 0.125. The van der Waals surface area contributed by atoms with Crippen LogP contribution < -0.4 is 11.1 Å². The van der Waals surface area contributed by atoms with Crippen LogP contribution in [0.25, 0.3) is 0 Å². The topological polar surface area (TPSA) is 76.7 Å². The molecule has 0 amide bonds. The van der Waals surface area contributed by atoms with Gasteiger partial charge in [0.2, 0.25) is 0 Å². The lowest BCUT2D eigenvalue weighted by atomic mass is 10.5. The Balaban J connectivity index is 2.02. The van der Waals surface area contributed by atoms with E-state index < -0.39 is 0 Å². The minimum atomic E-state index is 0.414. The normalized spacial score (nSPS) is 10.0. The van der Waals surface area contributed by atoms with Gasteiger partial charge < -0.3 is 11.1 Å². The predicted octanol–water partition coefficient (Wildman–Crippen LogP) is 1.13. The lowest BCUT2D eigenvalue weighted by molar-refractivity contribution is 1.11. The third-order valence-electron chi connectivity index (χ3n) is 1.64. The summed E-state index contributed by atoms with van der Waals surface area (Å²) in [5.74, 6) is 1.03. The Labute approximate surface area is 85.0 Å². The monoisotopic (exact) mass is 207 g/mol. The molecule has 0 aromatic carbocycles. The number of hydrogen-bond acceptors (Lipinski definition) is 6. The molecule has 2 rings (SSSR count). The first-order chi connectivity index (χ1) is 6.86. The summed E-state index contributed by atoms with van der Waals surface area (Å²) >= 11 is 1.59. The van der Waals surface area contributed by atoms with E-state index in [1.165, 1.54) is 0 Å². The van der Waals surface area contributed by atoms with Gasteiger partial charge in [-0.1, -0.05) is 0 Å². The van der Waals surface area contributed by atoms with Crippen molar-refractivity contribution in [2.75, 3.05) is 11.1 Å². The second kappa shape index (κ2) is 4.01. The van der Waals surface area contributed by atoms with E-state index in [2.05, 4.69) is 20.3 Å². The summed E-state index contributed by atoms with van der Waals surface area (Å²) in [4.78, 5) is 13.1. The number of aromatic nitrogens is 3. The Morgan fingerprint density at radius 2 is 2.21 bits per heavy atom. The third kappa shape index (κ3) is 1.97. The first-order valence-corrected chi connectivity index (χ1v) is 4.92. The molecular formula is C8H9N5S. The van der Waals surface area contributed by atoms with E-state index >= 15 is 0 Å².